The van der Waals surface area contributed by atoms with E-state index in [1.165, 1.54) is 16.2 Å². The van der Waals surface area contributed by atoms with Crippen molar-refractivity contribution in [1.29, 1.82) is 0 Å². The van der Waals surface area contributed by atoms with Crippen LogP contribution >= 0.6 is 34.5 Å². The van der Waals surface area contributed by atoms with Gasteiger partial charge in [-0.1, -0.05) is 29.8 Å². The number of hydrogen-bond donors (Lipinski definition) is 1. The van der Waals surface area contributed by atoms with E-state index in [4.69, 9.17) is 33.7 Å². The molecule has 2 N–H and O–H groups in total. The standard InChI is InChI=1S/C20H18Cl2F2N4OS/c1-9(28(3)8-20(2,23)24)14-6-11-16(26-19(25)27-18(11)30-14)15-10-4-5-29-17(10)13(22)7-12(15)21/h6-7H,1,4-5,8H2,2-3H3,(H2,25,26,27). The highest BCUT2D eigenvalue weighted by molar-refractivity contribution is 7.19. The van der Waals surface area contributed by atoms with Crippen molar-refractivity contribution in [2.75, 3.05) is 25.9 Å². The largest absolute Gasteiger partial charge is 0.491 e. The van der Waals surface area contributed by atoms with Gasteiger partial charge in [0.25, 0.3) is 5.92 Å². The molecule has 0 bridgehead atoms. The molecule has 0 spiro atoms. The molecule has 10 heteroatoms. The SMILES string of the molecule is C=C(c1cc2c(-c3c(Cl)cc(Cl)c4c3CCO4)nc(N)nc2s1)N(C)CC(C)(F)F. The van der Waals surface area contributed by atoms with Gasteiger partial charge in [0.05, 0.1) is 33.8 Å². The minimum Gasteiger partial charge on any atom is -0.491 e. The molecule has 1 aromatic carbocycles. The number of nitrogen functional groups attached to an aromatic ring is 1. The van der Waals surface area contributed by atoms with Crippen LogP contribution in [-0.4, -0.2) is 41.0 Å². The van der Waals surface area contributed by atoms with Gasteiger partial charge in [0.15, 0.2) is 0 Å². The fourth-order valence-electron chi connectivity index (χ4n) is 3.53. The van der Waals surface area contributed by atoms with E-state index in [2.05, 4.69) is 16.5 Å². The molecule has 0 atom stereocenters. The monoisotopic (exact) mass is 470 g/mol. The summed E-state index contributed by atoms with van der Waals surface area (Å²) in [6.07, 6.45) is 0.633. The van der Waals surface area contributed by atoms with Crippen LogP contribution < -0.4 is 10.5 Å². The smallest absolute Gasteiger partial charge is 0.262 e. The van der Waals surface area contributed by atoms with Crippen molar-refractivity contribution in [3.63, 3.8) is 0 Å². The van der Waals surface area contributed by atoms with Crippen LogP contribution in [0.1, 0.15) is 17.4 Å². The summed E-state index contributed by atoms with van der Waals surface area (Å²) < 4.78 is 32.5. The lowest BCUT2D eigenvalue weighted by Gasteiger charge is -2.24. The van der Waals surface area contributed by atoms with Crippen LogP contribution in [-0.2, 0) is 6.42 Å². The molecular formula is C20H18Cl2F2N4OS. The first-order chi connectivity index (χ1) is 14.0. The van der Waals surface area contributed by atoms with Gasteiger partial charge in [-0.3, -0.25) is 0 Å². The van der Waals surface area contributed by atoms with Gasteiger partial charge in [-0.05, 0) is 12.1 Å². The maximum Gasteiger partial charge on any atom is 0.262 e. The van der Waals surface area contributed by atoms with E-state index in [-0.39, 0.29) is 5.95 Å². The Balaban J connectivity index is 1.86. The topological polar surface area (TPSA) is 64.3 Å². The first kappa shape index (κ1) is 21.1. The second kappa shape index (κ2) is 7.51. The molecule has 5 nitrogen and oxygen atoms in total. The van der Waals surface area contributed by atoms with E-state index in [9.17, 15) is 8.78 Å². The molecule has 4 rings (SSSR count). The number of nitrogens with two attached hydrogens (primary N) is 1. The summed E-state index contributed by atoms with van der Waals surface area (Å²) in [6, 6.07) is 3.45. The number of aromatic nitrogens is 2. The number of rotatable bonds is 5. The van der Waals surface area contributed by atoms with Gasteiger partial charge < -0.3 is 15.4 Å². The van der Waals surface area contributed by atoms with E-state index in [0.717, 1.165) is 12.5 Å². The Labute approximate surface area is 186 Å². The third-order valence-corrected chi connectivity index (χ3v) is 6.45. The summed E-state index contributed by atoms with van der Waals surface area (Å²) in [7, 11) is 1.57. The molecule has 0 fully saturated rings. The fraction of sp³-hybridized carbons (Fsp3) is 0.300. The average Bonchev–Trinajstić information content (AvgIpc) is 3.26. The van der Waals surface area contributed by atoms with Crippen LogP contribution in [0.4, 0.5) is 14.7 Å². The Kier molecular flexibility index (Phi) is 5.28. The van der Waals surface area contributed by atoms with Gasteiger partial charge in [-0.2, -0.15) is 0 Å². The highest BCUT2D eigenvalue weighted by Crippen LogP contribution is 2.46. The number of nitrogens with zero attached hydrogens (tertiary/aromatic N) is 3. The maximum absolute atomic E-state index is 13.4. The number of fused-ring (bicyclic) bond motifs is 2. The van der Waals surface area contributed by atoms with Crippen molar-refractivity contribution in [2.24, 2.45) is 0 Å². The van der Waals surface area contributed by atoms with Crippen molar-refractivity contribution in [1.82, 2.24) is 14.9 Å². The van der Waals surface area contributed by atoms with Crippen LogP contribution in [0.25, 0.3) is 27.2 Å². The highest BCUT2D eigenvalue weighted by atomic mass is 35.5. The molecule has 0 saturated carbocycles. The summed E-state index contributed by atoms with van der Waals surface area (Å²) in [5, 5.41) is 1.58. The van der Waals surface area contributed by atoms with Gasteiger partial charge in [-0.25, -0.2) is 18.7 Å². The molecular weight excluding hydrogens is 453 g/mol. The lowest BCUT2D eigenvalue weighted by atomic mass is 10.00. The first-order valence-corrected chi connectivity index (χ1v) is 10.6. The third-order valence-electron chi connectivity index (χ3n) is 4.79. The Morgan fingerprint density at radius 2 is 2.07 bits per heavy atom. The number of anilines is 1. The zero-order chi connectivity index (χ0) is 21.8. The van der Waals surface area contributed by atoms with Crippen LogP contribution in [0.15, 0.2) is 18.7 Å². The third kappa shape index (κ3) is 3.79. The normalized spacial score (nSPS) is 13.4. The van der Waals surface area contributed by atoms with Crippen LogP contribution in [0, 0.1) is 0 Å². The molecule has 0 unspecified atom stereocenters. The highest BCUT2D eigenvalue weighted by Gasteiger charge is 2.28. The van der Waals surface area contributed by atoms with Crippen molar-refractivity contribution >= 4 is 56.4 Å². The fourth-order valence-corrected chi connectivity index (χ4v) is 5.24. The predicted molar refractivity (Wildman–Crippen MR) is 119 cm³/mol. The lowest BCUT2D eigenvalue weighted by Crippen LogP contribution is -2.30. The summed E-state index contributed by atoms with van der Waals surface area (Å²) in [6.45, 7) is 4.89. The van der Waals surface area contributed by atoms with E-state index in [0.29, 0.717) is 60.9 Å². The minimum atomic E-state index is -2.85. The summed E-state index contributed by atoms with van der Waals surface area (Å²) in [5.41, 5.74) is 8.53. The van der Waals surface area contributed by atoms with E-state index < -0.39 is 12.5 Å². The minimum absolute atomic E-state index is 0.0867. The van der Waals surface area contributed by atoms with Crippen LogP contribution in [0.3, 0.4) is 0 Å². The molecule has 158 valence electrons. The Morgan fingerprint density at radius 3 is 2.77 bits per heavy atom. The second-order valence-corrected chi connectivity index (χ2v) is 9.10. The Hall–Kier alpha value is -2.16. The number of hydrogen-bond acceptors (Lipinski definition) is 6. The number of thiophene rings is 1. The molecule has 0 radical (unpaired) electrons. The van der Waals surface area contributed by atoms with Crippen LogP contribution in [0.2, 0.25) is 10.0 Å². The van der Waals surface area contributed by atoms with Crippen molar-refractivity contribution in [3.05, 3.63) is 39.2 Å². The van der Waals surface area contributed by atoms with Gasteiger partial charge in [0.1, 0.15) is 10.6 Å². The van der Waals surface area contributed by atoms with E-state index in [1.54, 1.807) is 13.1 Å². The van der Waals surface area contributed by atoms with Crippen molar-refractivity contribution in [3.8, 4) is 17.0 Å². The number of benzene rings is 1. The van der Waals surface area contributed by atoms with Gasteiger partial charge in [0, 0.05) is 42.6 Å². The molecule has 30 heavy (non-hydrogen) atoms. The number of ether oxygens (including phenoxy) is 1. The van der Waals surface area contributed by atoms with Gasteiger partial charge in [0.2, 0.25) is 5.95 Å². The quantitative estimate of drug-likeness (QED) is 0.514. The molecule has 0 amide bonds. The molecule has 0 saturated heterocycles. The average molecular weight is 471 g/mol. The number of halogens is 4. The summed E-state index contributed by atoms with van der Waals surface area (Å²) in [4.78, 5) is 11.5. The Bertz CT molecular complexity index is 1180. The summed E-state index contributed by atoms with van der Waals surface area (Å²) in [5.74, 6) is -2.17. The molecule has 2 aromatic heterocycles. The van der Waals surface area contributed by atoms with Crippen molar-refractivity contribution < 1.29 is 13.5 Å². The molecule has 3 heterocycles. The summed E-state index contributed by atoms with van der Waals surface area (Å²) >= 11 is 14.1. The maximum atomic E-state index is 13.4. The molecule has 3 aromatic rings. The number of alkyl halides is 2. The molecule has 0 aliphatic carbocycles. The molecule has 1 aliphatic rings. The zero-order valence-corrected chi connectivity index (χ0v) is 18.6. The Morgan fingerprint density at radius 1 is 1.33 bits per heavy atom. The van der Waals surface area contributed by atoms with Gasteiger partial charge >= 0.3 is 0 Å². The van der Waals surface area contributed by atoms with E-state index in [1.807, 2.05) is 6.07 Å². The molecule has 1 aliphatic heterocycles. The zero-order valence-electron chi connectivity index (χ0n) is 16.2. The second-order valence-electron chi connectivity index (χ2n) is 7.25. The van der Waals surface area contributed by atoms with E-state index >= 15 is 0 Å². The van der Waals surface area contributed by atoms with Crippen molar-refractivity contribution in [2.45, 2.75) is 19.3 Å². The lowest BCUT2D eigenvalue weighted by molar-refractivity contribution is 0.00415. The predicted octanol–water partition coefficient (Wildman–Crippen LogP) is 5.74. The van der Waals surface area contributed by atoms with Gasteiger partial charge in [-0.15, -0.1) is 11.3 Å². The van der Waals surface area contributed by atoms with Crippen LogP contribution in [0.5, 0.6) is 5.75 Å². The first-order valence-electron chi connectivity index (χ1n) is 9.04.